The Morgan fingerprint density at radius 1 is 0.714 bits per heavy atom. The van der Waals surface area contributed by atoms with Crippen molar-refractivity contribution in [2.75, 3.05) is 0 Å². The van der Waals surface area contributed by atoms with Gasteiger partial charge in [-0.2, -0.15) is 0 Å². The molecule has 0 aromatic heterocycles. The van der Waals surface area contributed by atoms with Gasteiger partial charge in [-0.1, -0.05) is 78.0 Å². The normalized spacial score (nSPS) is 8.86. The maximum Gasteiger partial charge on any atom is 0.335 e. The SMILES string of the molecule is C=CC(=O)Oc1ccc(-c2ccc(OC(=O)C=C)cc2)cc1.CC.CCCC. The molecule has 0 aliphatic rings. The third-order valence-electron chi connectivity index (χ3n) is 3.31. The van der Waals surface area contributed by atoms with Gasteiger partial charge in [-0.15, -0.1) is 0 Å². The van der Waals surface area contributed by atoms with Crippen LogP contribution in [-0.2, 0) is 9.59 Å². The Hall–Kier alpha value is -3.14. The van der Waals surface area contributed by atoms with Gasteiger partial charge in [-0.25, -0.2) is 9.59 Å². The van der Waals surface area contributed by atoms with Crippen molar-refractivity contribution in [3.63, 3.8) is 0 Å². The molecule has 2 rings (SSSR count). The van der Waals surface area contributed by atoms with Crippen molar-refractivity contribution >= 4 is 11.9 Å². The van der Waals surface area contributed by atoms with Crippen molar-refractivity contribution in [2.24, 2.45) is 0 Å². The average Bonchev–Trinajstić information content (AvgIpc) is 2.76. The molecule has 28 heavy (non-hydrogen) atoms. The maximum absolute atomic E-state index is 11.1. The summed E-state index contributed by atoms with van der Waals surface area (Å²) in [5.74, 6) is -0.0994. The monoisotopic (exact) mass is 382 g/mol. The Balaban J connectivity index is 0.00000108. The molecule has 4 nitrogen and oxygen atoms in total. The van der Waals surface area contributed by atoms with Gasteiger partial charge in [-0.05, 0) is 35.4 Å². The van der Waals surface area contributed by atoms with Gasteiger partial charge in [0.05, 0.1) is 0 Å². The second-order valence-electron chi connectivity index (χ2n) is 5.30. The highest BCUT2D eigenvalue weighted by Gasteiger charge is 2.03. The van der Waals surface area contributed by atoms with Crippen molar-refractivity contribution in [2.45, 2.75) is 40.5 Å². The van der Waals surface area contributed by atoms with Gasteiger partial charge in [0.25, 0.3) is 0 Å². The summed E-state index contributed by atoms with van der Waals surface area (Å²) in [5, 5.41) is 0. The number of carbonyl (C=O) groups excluding carboxylic acids is 2. The van der Waals surface area contributed by atoms with Crippen molar-refractivity contribution in [1.82, 2.24) is 0 Å². The molecule has 0 heterocycles. The van der Waals surface area contributed by atoms with Crippen LogP contribution in [-0.4, -0.2) is 11.9 Å². The van der Waals surface area contributed by atoms with Crippen LogP contribution >= 0.6 is 0 Å². The standard InChI is InChI=1S/C18H14O4.C4H10.C2H6/c1-3-17(19)21-15-9-5-13(6-10-15)14-7-11-16(12-8-14)22-18(20)4-2;1-3-4-2;1-2/h3-12H,1-2H2;3-4H2,1-2H3;1-2H3. The van der Waals surface area contributed by atoms with Crippen LogP contribution in [0.4, 0.5) is 0 Å². The minimum atomic E-state index is -0.499. The molecular formula is C24H30O4. The average molecular weight is 383 g/mol. The van der Waals surface area contributed by atoms with E-state index >= 15 is 0 Å². The van der Waals surface area contributed by atoms with E-state index in [9.17, 15) is 9.59 Å². The second-order valence-corrected chi connectivity index (χ2v) is 5.30. The molecule has 4 heteroatoms. The highest BCUT2D eigenvalue weighted by Crippen LogP contribution is 2.24. The topological polar surface area (TPSA) is 52.6 Å². The van der Waals surface area contributed by atoms with Crippen LogP contribution in [0, 0.1) is 0 Å². The van der Waals surface area contributed by atoms with Crippen LogP contribution in [0.25, 0.3) is 11.1 Å². The Labute approximate surface area is 168 Å². The zero-order chi connectivity index (χ0) is 21.4. The number of carbonyl (C=O) groups is 2. The first-order valence-corrected chi connectivity index (χ1v) is 9.43. The van der Waals surface area contributed by atoms with Crippen molar-refractivity contribution in [1.29, 1.82) is 0 Å². The highest BCUT2D eigenvalue weighted by atomic mass is 16.5. The summed E-state index contributed by atoms with van der Waals surface area (Å²) in [4.78, 5) is 22.2. The minimum absolute atomic E-state index is 0.449. The molecule has 0 saturated heterocycles. The molecule has 0 spiro atoms. The van der Waals surface area contributed by atoms with Gasteiger partial charge in [0.1, 0.15) is 11.5 Å². The van der Waals surface area contributed by atoms with Crippen LogP contribution < -0.4 is 9.47 Å². The molecule has 0 fully saturated rings. The summed E-state index contributed by atoms with van der Waals surface area (Å²) in [6.07, 6.45) is 4.86. The van der Waals surface area contributed by atoms with Crippen LogP contribution in [0.2, 0.25) is 0 Å². The molecule has 0 N–H and O–H groups in total. The quantitative estimate of drug-likeness (QED) is 0.331. The largest absolute Gasteiger partial charge is 0.423 e. The zero-order valence-electron chi connectivity index (χ0n) is 17.2. The summed E-state index contributed by atoms with van der Waals surface area (Å²) in [6.45, 7) is 15.0. The highest BCUT2D eigenvalue weighted by molar-refractivity contribution is 5.84. The molecule has 0 unspecified atom stereocenters. The predicted octanol–water partition coefficient (Wildman–Crippen LogP) is 6.37. The summed E-state index contributed by atoms with van der Waals surface area (Å²) in [5.41, 5.74) is 1.89. The lowest BCUT2D eigenvalue weighted by atomic mass is 10.1. The lowest BCUT2D eigenvalue weighted by Gasteiger charge is -2.06. The van der Waals surface area contributed by atoms with Gasteiger partial charge < -0.3 is 9.47 Å². The smallest absolute Gasteiger partial charge is 0.335 e. The molecule has 0 bridgehead atoms. The number of benzene rings is 2. The molecule has 150 valence electrons. The Kier molecular flexibility index (Phi) is 13.3. The predicted molar refractivity (Wildman–Crippen MR) is 115 cm³/mol. The molecule has 0 saturated carbocycles. The van der Waals surface area contributed by atoms with E-state index in [0.29, 0.717) is 11.5 Å². The molecule has 0 radical (unpaired) electrons. The molecule has 0 aliphatic heterocycles. The van der Waals surface area contributed by atoms with Crippen molar-refractivity contribution in [3.05, 3.63) is 73.8 Å². The van der Waals surface area contributed by atoms with Crippen molar-refractivity contribution in [3.8, 4) is 22.6 Å². The van der Waals surface area contributed by atoms with Gasteiger partial charge in [0.15, 0.2) is 0 Å². The van der Waals surface area contributed by atoms with E-state index in [1.54, 1.807) is 24.3 Å². The second kappa shape index (κ2) is 15.0. The molecular weight excluding hydrogens is 352 g/mol. The fraction of sp³-hybridized carbons (Fsp3) is 0.250. The van der Waals surface area contributed by atoms with Gasteiger partial charge in [-0.3, -0.25) is 0 Å². The summed E-state index contributed by atoms with van der Waals surface area (Å²) >= 11 is 0. The van der Waals surface area contributed by atoms with E-state index in [1.165, 1.54) is 12.8 Å². The van der Waals surface area contributed by atoms with E-state index in [1.807, 2.05) is 38.1 Å². The first-order chi connectivity index (χ1) is 13.5. The molecule has 2 aromatic carbocycles. The summed E-state index contributed by atoms with van der Waals surface area (Å²) in [6, 6.07) is 14.1. The maximum atomic E-state index is 11.1. The molecule has 0 aliphatic carbocycles. The number of esters is 2. The lowest BCUT2D eigenvalue weighted by molar-refractivity contribution is -0.129. The molecule has 0 amide bonds. The number of rotatable bonds is 6. The summed E-state index contributed by atoms with van der Waals surface area (Å²) < 4.78 is 10.0. The summed E-state index contributed by atoms with van der Waals surface area (Å²) in [7, 11) is 0. The van der Waals surface area contributed by atoms with Crippen molar-refractivity contribution < 1.29 is 19.1 Å². The Morgan fingerprint density at radius 3 is 1.21 bits per heavy atom. The van der Waals surface area contributed by atoms with Crippen LogP contribution in [0.5, 0.6) is 11.5 Å². The van der Waals surface area contributed by atoms with Gasteiger partial charge in [0.2, 0.25) is 0 Å². The minimum Gasteiger partial charge on any atom is -0.423 e. The van der Waals surface area contributed by atoms with Crippen LogP contribution in [0.3, 0.4) is 0 Å². The number of hydrogen-bond acceptors (Lipinski definition) is 4. The number of ether oxygens (including phenoxy) is 2. The van der Waals surface area contributed by atoms with E-state index in [0.717, 1.165) is 23.3 Å². The Bertz CT molecular complexity index is 663. The van der Waals surface area contributed by atoms with Crippen LogP contribution in [0.15, 0.2) is 73.8 Å². The van der Waals surface area contributed by atoms with E-state index in [2.05, 4.69) is 27.0 Å². The van der Waals surface area contributed by atoms with E-state index in [4.69, 9.17) is 9.47 Å². The zero-order valence-corrected chi connectivity index (χ0v) is 17.2. The third kappa shape index (κ3) is 9.53. The number of unbranched alkanes of at least 4 members (excludes halogenated alkanes) is 1. The third-order valence-corrected chi connectivity index (χ3v) is 3.31. The molecule has 0 atom stereocenters. The lowest BCUT2D eigenvalue weighted by Crippen LogP contribution is -2.03. The number of hydrogen-bond donors (Lipinski definition) is 0. The first kappa shape index (κ1) is 24.9. The fourth-order valence-electron chi connectivity index (χ4n) is 1.75. The van der Waals surface area contributed by atoms with Crippen LogP contribution in [0.1, 0.15) is 40.5 Å². The Morgan fingerprint density at radius 2 is 1.00 bits per heavy atom. The molecule has 2 aromatic rings. The van der Waals surface area contributed by atoms with E-state index in [-0.39, 0.29) is 0 Å². The van der Waals surface area contributed by atoms with Gasteiger partial charge >= 0.3 is 11.9 Å². The fourth-order valence-corrected chi connectivity index (χ4v) is 1.75. The van der Waals surface area contributed by atoms with E-state index < -0.39 is 11.9 Å². The van der Waals surface area contributed by atoms with Gasteiger partial charge in [0, 0.05) is 12.2 Å². The first-order valence-electron chi connectivity index (χ1n) is 9.43.